The number of rotatable bonds is 6. The molecule has 16 heavy (non-hydrogen) atoms. The summed E-state index contributed by atoms with van der Waals surface area (Å²) >= 11 is 0. The van der Waals surface area contributed by atoms with Crippen LogP contribution in [0, 0.1) is 5.92 Å². The van der Waals surface area contributed by atoms with Crippen molar-refractivity contribution in [3.05, 3.63) is 0 Å². The molecule has 4 heteroatoms. The fraction of sp³-hybridized carbons (Fsp3) is 1.00. The summed E-state index contributed by atoms with van der Waals surface area (Å²) in [5.41, 5.74) is 0. The molecular weight excluding hydrogens is 204 g/mol. The van der Waals surface area contributed by atoms with E-state index in [9.17, 15) is 5.11 Å². The van der Waals surface area contributed by atoms with Crippen molar-refractivity contribution in [1.29, 1.82) is 0 Å². The van der Waals surface area contributed by atoms with E-state index in [1.54, 1.807) is 7.11 Å². The maximum Gasteiger partial charge on any atom is 0.0900 e. The van der Waals surface area contributed by atoms with Gasteiger partial charge in [-0.3, -0.25) is 0 Å². The minimum atomic E-state index is -0.338. The third-order valence-electron chi connectivity index (χ3n) is 3.16. The standard InChI is InChI=1S/C12H26N2O2/c1-13(2)8-11-4-6-14(7-5-11)9-12(15)10-16-3/h11-12,15H,4-10H2,1-3H3. The SMILES string of the molecule is COCC(O)CN1CCC(CN(C)C)CC1. The lowest BCUT2D eigenvalue weighted by atomic mass is 9.96. The van der Waals surface area contributed by atoms with Crippen LogP contribution < -0.4 is 0 Å². The molecule has 1 heterocycles. The van der Waals surface area contributed by atoms with Gasteiger partial charge in [0.15, 0.2) is 0 Å². The molecule has 0 radical (unpaired) electrons. The van der Waals surface area contributed by atoms with Crippen LogP contribution in [0.2, 0.25) is 0 Å². The Bertz CT molecular complexity index is 180. The summed E-state index contributed by atoms with van der Waals surface area (Å²) in [6, 6.07) is 0. The molecule has 1 aliphatic heterocycles. The van der Waals surface area contributed by atoms with Crippen molar-refractivity contribution in [2.24, 2.45) is 5.92 Å². The number of piperidine rings is 1. The molecule has 4 nitrogen and oxygen atoms in total. The average Bonchev–Trinajstić information content (AvgIpc) is 2.20. The van der Waals surface area contributed by atoms with Crippen LogP contribution >= 0.6 is 0 Å². The highest BCUT2D eigenvalue weighted by molar-refractivity contribution is 4.75. The fourth-order valence-corrected chi connectivity index (χ4v) is 2.41. The largest absolute Gasteiger partial charge is 0.389 e. The normalized spacial score (nSPS) is 21.6. The second kappa shape index (κ2) is 7.22. The number of β-amino-alcohol motifs (C(OH)–C–C–N with tert-alkyl or cyclic N) is 1. The first-order valence-electron chi connectivity index (χ1n) is 6.16. The molecule has 0 aliphatic carbocycles. The maximum atomic E-state index is 9.64. The second-order valence-corrected chi connectivity index (χ2v) is 5.12. The monoisotopic (exact) mass is 230 g/mol. The molecule has 96 valence electrons. The van der Waals surface area contributed by atoms with Crippen molar-refractivity contribution in [3.8, 4) is 0 Å². The zero-order chi connectivity index (χ0) is 12.0. The Morgan fingerprint density at radius 3 is 2.50 bits per heavy atom. The number of methoxy groups -OCH3 is 1. The van der Waals surface area contributed by atoms with Gasteiger partial charge in [-0.15, -0.1) is 0 Å². The summed E-state index contributed by atoms with van der Waals surface area (Å²) < 4.78 is 4.94. The van der Waals surface area contributed by atoms with Gasteiger partial charge < -0.3 is 19.6 Å². The van der Waals surface area contributed by atoms with Crippen LogP contribution in [0.5, 0.6) is 0 Å². The van der Waals surface area contributed by atoms with Crippen molar-refractivity contribution in [3.63, 3.8) is 0 Å². The number of ether oxygens (including phenoxy) is 1. The number of aliphatic hydroxyl groups is 1. The third-order valence-corrected chi connectivity index (χ3v) is 3.16. The van der Waals surface area contributed by atoms with Gasteiger partial charge in [0.2, 0.25) is 0 Å². The van der Waals surface area contributed by atoms with Crippen molar-refractivity contribution < 1.29 is 9.84 Å². The van der Waals surface area contributed by atoms with Crippen LogP contribution in [0.3, 0.4) is 0 Å². The van der Waals surface area contributed by atoms with Crippen molar-refractivity contribution in [2.45, 2.75) is 18.9 Å². The molecular formula is C12H26N2O2. The van der Waals surface area contributed by atoms with Gasteiger partial charge >= 0.3 is 0 Å². The molecule has 1 fully saturated rings. The van der Waals surface area contributed by atoms with Gasteiger partial charge in [0, 0.05) is 20.2 Å². The predicted octanol–water partition coefficient (Wildman–Crippen LogP) is 0.267. The zero-order valence-electron chi connectivity index (χ0n) is 10.9. The van der Waals surface area contributed by atoms with Gasteiger partial charge in [0.1, 0.15) is 0 Å². The molecule has 1 atom stereocenters. The summed E-state index contributed by atoms with van der Waals surface area (Å²) in [6.45, 7) is 4.60. The Morgan fingerprint density at radius 1 is 1.38 bits per heavy atom. The number of aliphatic hydroxyl groups excluding tert-OH is 1. The Balaban J connectivity index is 2.16. The predicted molar refractivity (Wildman–Crippen MR) is 65.6 cm³/mol. The van der Waals surface area contributed by atoms with Crippen LogP contribution in [0.1, 0.15) is 12.8 Å². The molecule has 0 bridgehead atoms. The molecule has 1 unspecified atom stereocenters. The van der Waals surface area contributed by atoms with Gasteiger partial charge in [-0.2, -0.15) is 0 Å². The number of likely N-dealkylation sites (tertiary alicyclic amines) is 1. The van der Waals surface area contributed by atoms with Gasteiger partial charge in [0.05, 0.1) is 12.7 Å². The van der Waals surface area contributed by atoms with E-state index in [2.05, 4.69) is 23.9 Å². The molecule has 1 aliphatic rings. The molecule has 0 saturated carbocycles. The highest BCUT2D eigenvalue weighted by Crippen LogP contribution is 2.17. The molecule has 1 N–H and O–H groups in total. The van der Waals surface area contributed by atoms with E-state index < -0.39 is 0 Å². The molecule has 0 aromatic heterocycles. The van der Waals surface area contributed by atoms with E-state index in [-0.39, 0.29) is 6.10 Å². The lowest BCUT2D eigenvalue weighted by molar-refractivity contribution is 0.0280. The molecule has 0 aromatic carbocycles. The highest BCUT2D eigenvalue weighted by Gasteiger charge is 2.21. The summed E-state index contributed by atoms with van der Waals surface area (Å²) in [5.74, 6) is 0.825. The van der Waals surface area contributed by atoms with E-state index >= 15 is 0 Å². The summed E-state index contributed by atoms with van der Waals surface area (Å²) in [4.78, 5) is 4.61. The lowest BCUT2D eigenvalue weighted by Crippen LogP contribution is -2.41. The molecule has 0 spiro atoms. The van der Waals surface area contributed by atoms with Gasteiger partial charge in [0.25, 0.3) is 0 Å². The minimum Gasteiger partial charge on any atom is -0.389 e. The van der Waals surface area contributed by atoms with E-state index in [1.807, 2.05) is 0 Å². The number of nitrogens with zero attached hydrogens (tertiary/aromatic N) is 2. The van der Waals surface area contributed by atoms with Crippen LogP contribution in [0.25, 0.3) is 0 Å². The maximum absolute atomic E-state index is 9.64. The Morgan fingerprint density at radius 2 is 2.00 bits per heavy atom. The average molecular weight is 230 g/mol. The Labute approximate surface area is 99.2 Å². The van der Waals surface area contributed by atoms with Crippen LogP contribution in [0.4, 0.5) is 0 Å². The van der Waals surface area contributed by atoms with E-state index in [0.29, 0.717) is 6.61 Å². The van der Waals surface area contributed by atoms with Crippen molar-refractivity contribution in [2.75, 3.05) is 54.0 Å². The summed E-state index contributed by atoms with van der Waals surface area (Å²) in [7, 11) is 5.90. The number of hydrogen-bond donors (Lipinski definition) is 1. The molecule has 1 rings (SSSR count). The van der Waals surface area contributed by atoms with Crippen LogP contribution in [-0.4, -0.2) is 75.0 Å². The Kier molecular flexibility index (Phi) is 6.28. The van der Waals surface area contributed by atoms with Crippen molar-refractivity contribution >= 4 is 0 Å². The topological polar surface area (TPSA) is 35.9 Å². The van der Waals surface area contributed by atoms with Gasteiger partial charge in [-0.05, 0) is 45.9 Å². The highest BCUT2D eigenvalue weighted by atomic mass is 16.5. The fourth-order valence-electron chi connectivity index (χ4n) is 2.41. The molecule has 0 amide bonds. The zero-order valence-corrected chi connectivity index (χ0v) is 10.9. The van der Waals surface area contributed by atoms with E-state index in [1.165, 1.54) is 19.4 Å². The first kappa shape index (κ1) is 13.9. The minimum absolute atomic E-state index is 0.338. The first-order chi connectivity index (χ1) is 7.61. The van der Waals surface area contributed by atoms with Gasteiger partial charge in [-0.25, -0.2) is 0 Å². The van der Waals surface area contributed by atoms with Crippen LogP contribution in [0.15, 0.2) is 0 Å². The lowest BCUT2D eigenvalue weighted by Gasteiger charge is -2.34. The van der Waals surface area contributed by atoms with Crippen LogP contribution in [-0.2, 0) is 4.74 Å². The van der Waals surface area contributed by atoms with Crippen molar-refractivity contribution in [1.82, 2.24) is 9.80 Å². The first-order valence-corrected chi connectivity index (χ1v) is 6.16. The smallest absolute Gasteiger partial charge is 0.0900 e. The summed E-state index contributed by atoms with van der Waals surface area (Å²) in [6.07, 6.45) is 2.16. The quantitative estimate of drug-likeness (QED) is 0.710. The third kappa shape index (κ3) is 5.25. The van der Waals surface area contributed by atoms with Gasteiger partial charge in [-0.1, -0.05) is 0 Å². The molecule has 1 saturated heterocycles. The number of hydrogen-bond acceptors (Lipinski definition) is 4. The Hall–Kier alpha value is -0.160. The molecule has 0 aromatic rings. The summed E-state index contributed by atoms with van der Waals surface area (Å²) in [5, 5.41) is 9.64. The van der Waals surface area contributed by atoms with E-state index in [4.69, 9.17) is 4.74 Å². The van der Waals surface area contributed by atoms with E-state index in [0.717, 1.165) is 25.6 Å². The second-order valence-electron chi connectivity index (χ2n) is 5.12.